The van der Waals surface area contributed by atoms with Crippen molar-refractivity contribution in [2.75, 3.05) is 19.6 Å². The molecular weight excluding hydrogens is 419 g/mol. The third-order valence-electron chi connectivity index (χ3n) is 5.81. The van der Waals surface area contributed by atoms with Crippen LogP contribution in [0.1, 0.15) is 43.2 Å². The van der Waals surface area contributed by atoms with Crippen LogP contribution in [0.15, 0.2) is 48.5 Å². The van der Waals surface area contributed by atoms with Crippen molar-refractivity contribution in [3.63, 3.8) is 0 Å². The minimum Gasteiger partial charge on any atom is -0.356 e. The van der Waals surface area contributed by atoms with Crippen molar-refractivity contribution >= 4 is 11.8 Å². The number of benzene rings is 2. The zero-order chi connectivity index (χ0) is 23.2. The zero-order valence-electron chi connectivity index (χ0n) is 17.8. The number of carbonyl (C=O) groups is 2. The number of fused-ring (bicyclic) bond motifs is 3. The average Bonchev–Trinajstić information content (AvgIpc) is 3.06. The van der Waals surface area contributed by atoms with E-state index in [1.165, 1.54) is 0 Å². The summed E-state index contributed by atoms with van der Waals surface area (Å²) in [7, 11) is 0. The molecule has 8 heteroatoms. The first-order chi connectivity index (χ1) is 15.3. The molecule has 0 heterocycles. The number of alkyl halides is 3. The van der Waals surface area contributed by atoms with Crippen LogP contribution in [0.5, 0.6) is 0 Å². The largest absolute Gasteiger partial charge is 0.405 e. The molecule has 0 bridgehead atoms. The fourth-order valence-electron chi connectivity index (χ4n) is 4.38. The maximum atomic E-state index is 13.3. The molecule has 5 nitrogen and oxygen atoms in total. The van der Waals surface area contributed by atoms with Crippen molar-refractivity contribution in [2.45, 2.75) is 43.7 Å². The van der Waals surface area contributed by atoms with Gasteiger partial charge in [-0.15, -0.1) is 0 Å². The first kappa shape index (κ1) is 23.8. The SMILES string of the molecule is NCCCC(=O)NCCCCC1(C(=O)NCC(F)(F)F)c2ccccc2-c2ccccc21. The van der Waals surface area contributed by atoms with Crippen LogP contribution in [0.3, 0.4) is 0 Å². The number of hydrogen-bond acceptors (Lipinski definition) is 3. The Morgan fingerprint density at radius 1 is 0.875 bits per heavy atom. The smallest absolute Gasteiger partial charge is 0.356 e. The minimum absolute atomic E-state index is 0.0790. The predicted octanol–water partition coefficient (Wildman–Crippen LogP) is 3.66. The van der Waals surface area contributed by atoms with Gasteiger partial charge >= 0.3 is 6.18 Å². The quantitative estimate of drug-likeness (QED) is 0.486. The molecule has 0 aliphatic heterocycles. The second-order valence-electron chi connectivity index (χ2n) is 7.99. The van der Waals surface area contributed by atoms with E-state index < -0.39 is 24.0 Å². The summed E-state index contributed by atoms with van der Waals surface area (Å²) in [5.41, 5.74) is 7.35. The predicted molar refractivity (Wildman–Crippen MR) is 117 cm³/mol. The van der Waals surface area contributed by atoms with Crippen LogP contribution in [0.2, 0.25) is 0 Å². The highest BCUT2D eigenvalue weighted by atomic mass is 19.4. The Morgan fingerprint density at radius 3 is 2.03 bits per heavy atom. The van der Waals surface area contributed by atoms with Gasteiger partial charge in [0, 0.05) is 13.0 Å². The molecular formula is C24H28F3N3O2. The summed E-state index contributed by atoms with van der Waals surface area (Å²) in [4.78, 5) is 25.1. The van der Waals surface area contributed by atoms with E-state index in [9.17, 15) is 22.8 Å². The standard InChI is InChI=1S/C24H28F3N3O2/c25-24(26,27)16-30-22(32)23(13-5-6-15-29-21(31)12-7-14-28)19-10-3-1-8-17(19)18-9-2-4-11-20(18)23/h1-4,8-11H,5-7,12-16,28H2,(H,29,31)(H,30,32). The number of hydrogen-bond donors (Lipinski definition) is 3. The molecule has 2 aromatic rings. The zero-order valence-corrected chi connectivity index (χ0v) is 17.8. The molecule has 172 valence electrons. The lowest BCUT2D eigenvalue weighted by atomic mass is 9.73. The second kappa shape index (κ2) is 10.2. The highest BCUT2D eigenvalue weighted by Gasteiger charge is 2.49. The van der Waals surface area contributed by atoms with Crippen molar-refractivity contribution in [3.8, 4) is 11.1 Å². The number of unbranched alkanes of at least 4 members (excludes halogenated alkanes) is 1. The van der Waals surface area contributed by atoms with Crippen LogP contribution >= 0.6 is 0 Å². The van der Waals surface area contributed by atoms with Gasteiger partial charge in [0.15, 0.2) is 0 Å². The molecule has 0 spiro atoms. The van der Waals surface area contributed by atoms with Gasteiger partial charge in [-0.25, -0.2) is 0 Å². The van der Waals surface area contributed by atoms with E-state index in [0.717, 1.165) is 11.1 Å². The molecule has 0 unspecified atom stereocenters. The molecule has 0 fully saturated rings. The van der Waals surface area contributed by atoms with E-state index in [4.69, 9.17) is 5.73 Å². The molecule has 3 rings (SSSR count). The Morgan fingerprint density at radius 2 is 1.47 bits per heavy atom. The number of rotatable bonds is 10. The summed E-state index contributed by atoms with van der Waals surface area (Å²) < 4.78 is 38.6. The normalized spacial score (nSPS) is 13.9. The third-order valence-corrected chi connectivity index (χ3v) is 5.81. The molecule has 1 aliphatic rings. The Balaban J connectivity index is 1.82. The summed E-state index contributed by atoms with van der Waals surface area (Å²) in [6.07, 6.45) is -2.03. The number of nitrogens with one attached hydrogen (secondary N) is 2. The van der Waals surface area contributed by atoms with Crippen LogP contribution in [-0.4, -0.2) is 37.6 Å². The maximum Gasteiger partial charge on any atom is 0.405 e. The number of nitrogens with two attached hydrogens (primary N) is 1. The fraction of sp³-hybridized carbons (Fsp3) is 0.417. The van der Waals surface area contributed by atoms with Crippen LogP contribution < -0.4 is 16.4 Å². The lowest BCUT2D eigenvalue weighted by molar-refractivity contribution is -0.141. The molecule has 0 saturated heterocycles. The molecule has 0 atom stereocenters. The van der Waals surface area contributed by atoms with Crippen LogP contribution in [-0.2, 0) is 15.0 Å². The maximum absolute atomic E-state index is 13.3. The van der Waals surface area contributed by atoms with Gasteiger partial charge in [-0.3, -0.25) is 9.59 Å². The monoisotopic (exact) mass is 447 g/mol. The Bertz CT molecular complexity index is 914. The van der Waals surface area contributed by atoms with E-state index in [0.29, 0.717) is 56.3 Å². The van der Waals surface area contributed by atoms with Crippen LogP contribution in [0.4, 0.5) is 13.2 Å². The van der Waals surface area contributed by atoms with Crippen molar-refractivity contribution in [2.24, 2.45) is 5.73 Å². The van der Waals surface area contributed by atoms with Crippen molar-refractivity contribution in [3.05, 3.63) is 59.7 Å². The molecule has 0 radical (unpaired) electrons. The highest BCUT2D eigenvalue weighted by molar-refractivity contribution is 6.00. The lowest BCUT2D eigenvalue weighted by Gasteiger charge is -2.31. The Kier molecular flexibility index (Phi) is 7.56. The topological polar surface area (TPSA) is 84.2 Å². The van der Waals surface area contributed by atoms with E-state index in [-0.39, 0.29) is 5.91 Å². The fourth-order valence-corrected chi connectivity index (χ4v) is 4.38. The van der Waals surface area contributed by atoms with Gasteiger partial charge in [0.05, 0.1) is 0 Å². The van der Waals surface area contributed by atoms with Crippen molar-refractivity contribution in [1.29, 1.82) is 0 Å². The number of amides is 2. The first-order valence-corrected chi connectivity index (χ1v) is 10.8. The molecule has 2 aromatic carbocycles. The van der Waals surface area contributed by atoms with Crippen molar-refractivity contribution < 1.29 is 22.8 Å². The van der Waals surface area contributed by atoms with E-state index in [1.807, 2.05) is 36.4 Å². The summed E-state index contributed by atoms with van der Waals surface area (Å²) in [5.74, 6) is -0.733. The summed E-state index contributed by atoms with van der Waals surface area (Å²) in [6, 6.07) is 14.7. The van der Waals surface area contributed by atoms with Gasteiger partial charge in [0.25, 0.3) is 0 Å². The summed E-state index contributed by atoms with van der Waals surface area (Å²) in [6.45, 7) is -0.496. The molecule has 1 aliphatic carbocycles. The van der Waals surface area contributed by atoms with Crippen LogP contribution in [0.25, 0.3) is 11.1 Å². The number of carbonyl (C=O) groups excluding carboxylic acids is 2. The van der Waals surface area contributed by atoms with Crippen LogP contribution in [0, 0.1) is 0 Å². The Labute approximate surface area is 185 Å². The number of halogens is 3. The second-order valence-corrected chi connectivity index (χ2v) is 7.99. The average molecular weight is 448 g/mol. The molecule has 4 N–H and O–H groups in total. The summed E-state index contributed by atoms with van der Waals surface area (Å²) in [5, 5.41) is 4.95. The molecule has 0 aromatic heterocycles. The van der Waals surface area contributed by atoms with Gasteiger partial charge in [0.2, 0.25) is 11.8 Å². The van der Waals surface area contributed by atoms with E-state index >= 15 is 0 Å². The molecule has 2 amide bonds. The Hall–Kier alpha value is -2.87. The van der Waals surface area contributed by atoms with Gasteiger partial charge in [-0.2, -0.15) is 13.2 Å². The lowest BCUT2D eigenvalue weighted by Crippen LogP contribution is -2.47. The van der Waals surface area contributed by atoms with Gasteiger partial charge in [-0.05, 0) is 54.5 Å². The van der Waals surface area contributed by atoms with Gasteiger partial charge in [-0.1, -0.05) is 48.5 Å². The van der Waals surface area contributed by atoms with E-state index in [1.54, 1.807) is 12.1 Å². The van der Waals surface area contributed by atoms with E-state index in [2.05, 4.69) is 10.6 Å². The summed E-state index contributed by atoms with van der Waals surface area (Å²) >= 11 is 0. The van der Waals surface area contributed by atoms with Gasteiger partial charge in [0.1, 0.15) is 12.0 Å². The first-order valence-electron chi connectivity index (χ1n) is 10.8. The third kappa shape index (κ3) is 5.12. The molecule has 32 heavy (non-hydrogen) atoms. The highest BCUT2D eigenvalue weighted by Crippen LogP contribution is 2.51. The molecule has 0 saturated carbocycles. The minimum atomic E-state index is -4.50. The van der Waals surface area contributed by atoms with Crippen molar-refractivity contribution in [1.82, 2.24) is 10.6 Å². The van der Waals surface area contributed by atoms with Gasteiger partial charge < -0.3 is 16.4 Å².